The van der Waals surface area contributed by atoms with Crippen LogP contribution in [-0.4, -0.2) is 33.4 Å². The van der Waals surface area contributed by atoms with Gasteiger partial charge in [-0.1, -0.05) is 60.3 Å². The number of thiazole rings is 1. The van der Waals surface area contributed by atoms with Gasteiger partial charge in [0.1, 0.15) is 15.7 Å². The number of hydrogen-bond donors (Lipinski definition) is 0. The molecule has 0 atom stereocenters. The van der Waals surface area contributed by atoms with Crippen molar-refractivity contribution < 1.29 is 4.79 Å². The van der Waals surface area contributed by atoms with Crippen molar-refractivity contribution in [1.82, 2.24) is 15.2 Å². The van der Waals surface area contributed by atoms with Crippen molar-refractivity contribution in [3.05, 3.63) is 78.0 Å². The van der Waals surface area contributed by atoms with Gasteiger partial charge in [-0.15, -0.1) is 21.5 Å². The number of rotatable bonds is 5. The Labute approximate surface area is 189 Å². The van der Waals surface area contributed by atoms with Crippen molar-refractivity contribution in [3.63, 3.8) is 0 Å². The molecule has 4 aromatic rings. The van der Waals surface area contributed by atoms with Crippen LogP contribution in [-0.2, 0) is 11.2 Å². The van der Waals surface area contributed by atoms with E-state index in [4.69, 9.17) is 4.98 Å². The van der Waals surface area contributed by atoms with Gasteiger partial charge in [-0.3, -0.25) is 4.79 Å². The SMILES string of the molecule is Cc1nc(-c2ccccc2)sc1-c1ccc(SCC(=O)N2CCc3ccccc32)nn1. The molecule has 2 aromatic carbocycles. The number of nitrogens with zero attached hydrogens (tertiary/aromatic N) is 4. The first-order valence-corrected chi connectivity index (χ1v) is 11.9. The summed E-state index contributed by atoms with van der Waals surface area (Å²) in [5.41, 5.74) is 5.12. The lowest BCUT2D eigenvalue weighted by Crippen LogP contribution is -2.30. The summed E-state index contributed by atoms with van der Waals surface area (Å²) >= 11 is 3.04. The molecule has 1 aliphatic rings. The molecule has 0 radical (unpaired) electrons. The van der Waals surface area contributed by atoms with Crippen molar-refractivity contribution in [1.29, 1.82) is 0 Å². The van der Waals surface area contributed by atoms with Gasteiger partial charge in [-0.2, -0.15) is 0 Å². The van der Waals surface area contributed by atoms with Crippen LogP contribution in [0.2, 0.25) is 0 Å². The van der Waals surface area contributed by atoms with Gasteiger partial charge < -0.3 is 4.90 Å². The van der Waals surface area contributed by atoms with Crippen LogP contribution in [0.25, 0.3) is 21.1 Å². The molecule has 3 heterocycles. The van der Waals surface area contributed by atoms with E-state index in [0.717, 1.165) is 50.5 Å². The van der Waals surface area contributed by atoms with E-state index in [1.165, 1.54) is 17.3 Å². The maximum Gasteiger partial charge on any atom is 0.237 e. The lowest BCUT2D eigenvalue weighted by Gasteiger charge is -2.16. The van der Waals surface area contributed by atoms with E-state index < -0.39 is 0 Å². The van der Waals surface area contributed by atoms with Gasteiger partial charge in [0, 0.05) is 17.8 Å². The van der Waals surface area contributed by atoms with Crippen molar-refractivity contribution in [2.45, 2.75) is 18.4 Å². The summed E-state index contributed by atoms with van der Waals surface area (Å²) < 4.78 is 0. The Kier molecular flexibility index (Phi) is 5.53. The molecule has 154 valence electrons. The molecule has 0 spiro atoms. The second kappa shape index (κ2) is 8.61. The third-order valence-corrected chi connectivity index (χ3v) is 7.36. The number of thioether (sulfide) groups is 1. The summed E-state index contributed by atoms with van der Waals surface area (Å²) in [5, 5.41) is 10.5. The van der Waals surface area contributed by atoms with Gasteiger partial charge in [-0.05, 0) is 37.1 Å². The minimum atomic E-state index is 0.103. The number of carbonyl (C=O) groups excluding carboxylic acids is 1. The van der Waals surface area contributed by atoms with Crippen molar-refractivity contribution >= 4 is 34.7 Å². The third-order valence-electron chi connectivity index (χ3n) is 5.22. The molecule has 0 saturated carbocycles. The average molecular weight is 445 g/mol. The predicted molar refractivity (Wildman–Crippen MR) is 127 cm³/mol. The number of aromatic nitrogens is 3. The smallest absolute Gasteiger partial charge is 0.237 e. The van der Waals surface area contributed by atoms with Gasteiger partial charge >= 0.3 is 0 Å². The molecule has 0 bridgehead atoms. The zero-order chi connectivity index (χ0) is 21.2. The van der Waals surface area contributed by atoms with Gasteiger partial charge in [0.15, 0.2) is 0 Å². The van der Waals surface area contributed by atoms with E-state index in [2.05, 4.69) is 28.4 Å². The van der Waals surface area contributed by atoms with Crippen molar-refractivity contribution in [3.8, 4) is 21.1 Å². The van der Waals surface area contributed by atoms with Crippen LogP contribution >= 0.6 is 23.1 Å². The van der Waals surface area contributed by atoms with Gasteiger partial charge in [-0.25, -0.2) is 4.98 Å². The van der Waals surface area contributed by atoms with Crippen LogP contribution in [0.15, 0.2) is 71.8 Å². The molecule has 31 heavy (non-hydrogen) atoms. The van der Waals surface area contributed by atoms with Crippen LogP contribution < -0.4 is 4.90 Å². The summed E-state index contributed by atoms with van der Waals surface area (Å²) in [4.78, 5) is 20.3. The minimum Gasteiger partial charge on any atom is -0.311 e. The third kappa shape index (κ3) is 4.11. The van der Waals surface area contributed by atoms with E-state index >= 15 is 0 Å². The zero-order valence-electron chi connectivity index (χ0n) is 17.0. The van der Waals surface area contributed by atoms with Crippen LogP contribution in [0.4, 0.5) is 5.69 Å². The lowest BCUT2D eigenvalue weighted by atomic mass is 10.2. The standard InChI is InChI=1S/C24H20N4OS2/c1-16-23(31-24(25-16)18-8-3-2-4-9-18)19-11-12-21(27-26-19)30-15-22(29)28-14-13-17-7-5-6-10-20(17)28/h2-12H,13-15H2,1H3. The first kappa shape index (κ1) is 19.9. The Bertz CT molecular complexity index is 1220. The topological polar surface area (TPSA) is 59.0 Å². The fourth-order valence-corrected chi connectivity index (χ4v) is 5.39. The van der Waals surface area contributed by atoms with E-state index in [9.17, 15) is 4.79 Å². The second-order valence-electron chi connectivity index (χ2n) is 7.27. The van der Waals surface area contributed by atoms with Gasteiger partial charge in [0.25, 0.3) is 0 Å². The van der Waals surface area contributed by atoms with Crippen LogP contribution in [0, 0.1) is 6.92 Å². The highest BCUT2D eigenvalue weighted by molar-refractivity contribution is 7.99. The van der Waals surface area contributed by atoms with Gasteiger partial charge in [0.2, 0.25) is 5.91 Å². The van der Waals surface area contributed by atoms with E-state index in [1.807, 2.05) is 60.4 Å². The molecular weight excluding hydrogens is 424 g/mol. The summed E-state index contributed by atoms with van der Waals surface area (Å²) in [6.07, 6.45) is 0.917. The number of para-hydroxylation sites is 1. The number of fused-ring (bicyclic) bond motifs is 1. The normalized spacial score (nSPS) is 12.7. The van der Waals surface area contributed by atoms with Crippen LogP contribution in [0.5, 0.6) is 0 Å². The molecule has 7 heteroatoms. The number of aryl methyl sites for hydroxylation is 1. The number of benzene rings is 2. The predicted octanol–water partition coefficient (Wildman–Crippen LogP) is 5.26. The largest absolute Gasteiger partial charge is 0.311 e. The fraction of sp³-hybridized carbons (Fsp3) is 0.167. The zero-order valence-corrected chi connectivity index (χ0v) is 18.6. The molecule has 0 unspecified atom stereocenters. The molecule has 1 aliphatic heterocycles. The molecule has 0 fully saturated rings. The van der Waals surface area contributed by atoms with Crippen LogP contribution in [0.3, 0.4) is 0 Å². The van der Waals surface area contributed by atoms with E-state index in [-0.39, 0.29) is 5.91 Å². The van der Waals surface area contributed by atoms with E-state index in [0.29, 0.717) is 5.75 Å². The van der Waals surface area contributed by atoms with E-state index in [1.54, 1.807) is 11.3 Å². The quantitative estimate of drug-likeness (QED) is 0.393. The number of carbonyl (C=O) groups is 1. The Morgan fingerprint density at radius 2 is 1.84 bits per heavy atom. The molecule has 2 aromatic heterocycles. The second-order valence-corrected chi connectivity index (χ2v) is 9.26. The Morgan fingerprint density at radius 3 is 2.65 bits per heavy atom. The number of hydrogen-bond acceptors (Lipinski definition) is 6. The minimum absolute atomic E-state index is 0.103. The highest BCUT2D eigenvalue weighted by Crippen LogP contribution is 2.34. The molecule has 0 saturated heterocycles. The van der Waals surface area contributed by atoms with Crippen molar-refractivity contribution in [2.75, 3.05) is 17.2 Å². The summed E-state index contributed by atoms with van der Waals surface area (Å²) in [5.74, 6) is 0.451. The lowest BCUT2D eigenvalue weighted by molar-refractivity contribution is -0.116. The van der Waals surface area contributed by atoms with Crippen LogP contribution in [0.1, 0.15) is 11.3 Å². The monoisotopic (exact) mass is 444 g/mol. The summed E-state index contributed by atoms with van der Waals surface area (Å²) in [6, 6.07) is 22.1. The van der Waals surface area contributed by atoms with Crippen molar-refractivity contribution in [2.24, 2.45) is 0 Å². The average Bonchev–Trinajstić information content (AvgIpc) is 3.42. The Hall–Kier alpha value is -3.03. The molecule has 5 rings (SSSR count). The fourth-order valence-electron chi connectivity index (χ4n) is 3.67. The summed E-state index contributed by atoms with van der Waals surface area (Å²) in [7, 11) is 0. The Morgan fingerprint density at radius 1 is 1.03 bits per heavy atom. The molecule has 5 nitrogen and oxygen atoms in total. The first-order valence-electron chi connectivity index (χ1n) is 10.1. The first-order chi connectivity index (χ1) is 15.2. The molecule has 0 N–H and O–H groups in total. The Balaban J connectivity index is 1.26. The van der Waals surface area contributed by atoms with Gasteiger partial charge in [0.05, 0.1) is 16.3 Å². The number of amides is 1. The molecular formula is C24H20N4OS2. The highest BCUT2D eigenvalue weighted by atomic mass is 32.2. The molecule has 1 amide bonds. The number of anilines is 1. The highest BCUT2D eigenvalue weighted by Gasteiger charge is 2.24. The summed E-state index contributed by atoms with van der Waals surface area (Å²) in [6.45, 7) is 2.74. The molecule has 0 aliphatic carbocycles. The maximum absolute atomic E-state index is 12.7. The maximum atomic E-state index is 12.7.